The van der Waals surface area contributed by atoms with Crippen LogP contribution in [0.2, 0.25) is 5.02 Å². The first kappa shape index (κ1) is 14.3. The van der Waals surface area contributed by atoms with Crippen molar-refractivity contribution < 1.29 is 13.9 Å². The highest BCUT2D eigenvalue weighted by atomic mass is 35.5. The first-order chi connectivity index (χ1) is 9.54. The van der Waals surface area contributed by atoms with Gasteiger partial charge >= 0.3 is 0 Å². The van der Waals surface area contributed by atoms with E-state index in [9.17, 15) is 9.18 Å². The van der Waals surface area contributed by atoms with Crippen molar-refractivity contribution in [2.24, 2.45) is 0 Å². The van der Waals surface area contributed by atoms with Gasteiger partial charge < -0.3 is 10.1 Å². The van der Waals surface area contributed by atoms with Gasteiger partial charge in [0.1, 0.15) is 18.2 Å². The van der Waals surface area contributed by atoms with Gasteiger partial charge in [-0.15, -0.1) is 0 Å². The van der Waals surface area contributed by atoms with Crippen molar-refractivity contribution in [1.82, 2.24) is 0 Å². The van der Waals surface area contributed by atoms with Crippen LogP contribution >= 0.6 is 11.6 Å². The van der Waals surface area contributed by atoms with Gasteiger partial charge in [0.05, 0.1) is 5.02 Å². The molecule has 0 radical (unpaired) electrons. The lowest BCUT2D eigenvalue weighted by Crippen LogP contribution is -2.05. The van der Waals surface area contributed by atoms with Crippen molar-refractivity contribution in [3.05, 3.63) is 58.9 Å². The van der Waals surface area contributed by atoms with Gasteiger partial charge in [-0.05, 0) is 36.4 Å². The SMILES string of the molecule is CC(=O)Nc1ccc(OCc2ccc(F)cc2Cl)cc1. The molecule has 20 heavy (non-hydrogen) atoms. The number of hydrogen-bond donors (Lipinski definition) is 1. The van der Waals surface area contributed by atoms with Crippen LogP contribution in [0.5, 0.6) is 5.75 Å². The molecular formula is C15H13ClFNO2. The Morgan fingerprint density at radius 3 is 2.55 bits per heavy atom. The number of carbonyl (C=O) groups excluding carboxylic acids is 1. The fourth-order valence-corrected chi connectivity index (χ4v) is 1.86. The minimum absolute atomic E-state index is 0.128. The summed E-state index contributed by atoms with van der Waals surface area (Å²) in [6, 6.07) is 11.1. The summed E-state index contributed by atoms with van der Waals surface area (Å²) in [7, 11) is 0. The third-order valence-electron chi connectivity index (χ3n) is 2.58. The fraction of sp³-hybridized carbons (Fsp3) is 0.133. The smallest absolute Gasteiger partial charge is 0.221 e. The highest BCUT2D eigenvalue weighted by molar-refractivity contribution is 6.31. The van der Waals surface area contributed by atoms with Crippen LogP contribution in [0.4, 0.5) is 10.1 Å². The summed E-state index contributed by atoms with van der Waals surface area (Å²) >= 11 is 5.91. The fourth-order valence-electron chi connectivity index (χ4n) is 1.64. The van der Waals surface area contributed by atoms with E-state index in [0.717, 1.165) is 0 Å². The van der Waals surface area contributed by atoms with E-state index in [1.165, 1.54) is 19.1 Å². The lowest BCUT2D eigenvalue weighted by molar-refractivity contribution is -0.114. The Morgan fingerprint density at radius 2 is 1.95 bits per heavy atom. The van der Waals surface area contributed by atoms with E-state index in [1.807, 2.05) is 0 Å². The molecule has 2 aromatic carbocycles. The Hall–Kier alpha value is -2.07. The van der Waals surface area contributed by atoms with Gasteiger partial charge in [0.15, 0.2) is 0 Å². The quantitative estimate of drug-likeness (QED) is 0.925. The number of hydrogen-bond acceptors (Lipinski definition) is 2. The van der Waals surface area contributed by atoms with Crippen molar-refractivity contribution >= 4 is 23.2 Å². The van der Waals surface area contributed by atoms with Gasteiger partial charge in [-0.3, -0.25) is 4.79 Å². The zero-order chi connectivity index (χ0) is 14.5. The zero-order valence-electron chi connectivity index (χ0n) is 10.8. The lowest BCUT2D eigenvalue weighted by atomic mass is 10.2. The van der Waals surface area contributed by atoms with Gasteiger partial charge in [-0.2, -0.15) is 0 Å². The lowest BCUT2D eigenvalue weighted by Gasteiger charge is -2.09. The minimum Gasteiger partial charge on any atom is -0.489 e. The molecule has 1 N–H and O–H groups in total. The Morgan fingerprint density at radius 1 is 1.25 bits per heavy atom. The third-order valence-corrected chi connectivity index (χ3v) is 2.94. The van der Waals surface area contributed by atoms with Crippen molar-refractivity contribution in [2.75, 3.05) is 5.32 Å². The number of halogens is 2. The summed E-state index contributed by atoms with van der Waals surface area (Å²) in [5, 5.41) is 3.00. The third kappa shape index (κ3) is 3.96. The second-order valence-electron chi connectivity index (χ2n) is 4.23. The van der Waals surface area contributed by atoms with E-state index in [4.69, 9.17) is 16.3 Å². The van der Waals surface area contributed by atoms with E-state index >= 15 is 0 Å². The number of ether oxygens (including phenoxy) is 1. The van der Waals surface area contributed by atoms with E-state index in [-0.39, 0.29) is 18.3 Å². The van der Waals surface area contributed by atoms with Crippen LogP contribution in [0, 0.1) is 5.82 Å². The molecule has 0 aliphatic heterocycles. The molecule has 0 heterocycles. The second-order valence-corrected chi connectivity index (χ2v) is 4.64. The van der Waals surface area contributed by atoms with E-state index in [2.05, 4.69) is 5.32 Å². The standard InChI is InChI=1S/C15H13ClFNO2/c1-10(19)18-13-4-6-14(7-5-13)20-9-11-2-3-12(17)8-15(11)16/h2-8H,9H2,1H3,(H,18,19). The molecule has 0 bridgehead atoms. The number of amides is 1. The van der Waals surface area contributed by atoms with Crippen molar-refractivity contribution in [2.45, 2.75) is 13.5 Å². The molecule has 0 atom stereocenters. The number of anilines is 1. The minimum atomic E-state index is -0.376. The maximum atomic E-state index is 12.9. The first-order valence-corrected chi connectivity index (χ1v) is 6.37. The molecule has 0 spiro atoms. The van der Waals surface area contributed by atoms with Crippen LogP contribution in [0.1, 0.15) is 12.5 Å². The molecule has 0 fully saturated rings. The van der Waals surface area contributed by atoms with Gasteiger partial charge in [0.25, 0.3) is 0 Å². The summed E-state index contributed by atoms with van der Waals surface area (Å²) < 4.78 is 18.5. The predicted molar refractivity (Wildman–Crippen MR) is 76.5 cm³/mol. The average molecular weight is 294 g/mol. The van der Waals surface area contributed by atoms with Crippen LogP contribution < -0.4 is 10.1 Å². The van der Waals surface area contributed by atoms with Crippen molar-refractivity contribution in [3.63, 3.8) is 0 Å². The summed E-state index contributed by atoms with van der Waals surface area (Å²) in [6.07, 6.45) is 0. The number of carbonyl (C=O) groups is 1. The Kier molecular flexibility index (Phi) is 4.58. The number of rotatable bonds is 4. The summed E-state index contributed by atoms with van der Waals surface area (Å²) in [5.74, 6) is 0.134. The second kappa shape index (κ2) is 6.39. The molecule has 0 unspecified atom stereocenters. The van der Waals surface area contributed by atoms with Crippen LogP contribution in [0.25, 0.3) is 0 Å². The maximum Gasteiger partial charge on any atom is 0.221 e. The normalized spacial score (nSPS) is 10.2. The summed E-state index contributed by atoms with van der Waals surface area (Å²) in [5.41, 5.74) is 1.41. The molecule has 0 aliphatic rings. The van der Waals surface area contributed by atoms with Crippen LogP contribution in [-0.2, 0) is 11.4 Å². The topological polar surface area (TPSA) is 38.3 Å². The molecule has 2 rings (SSSR count). The van der Waals surface area contributed by atoms with Crippen molar-refractivity contribution in [1.29, 1.82) is 0 Å². The van der Waals surface area contributed by atoms with E-state index in [0.29, 0.717) is 22.0 Å². The number of benzene rings is 2. The van der Waals surface area contributed by atoms with Gasteiger partial charge in [0.2, 0.25) is 5.91 Å². The Balaban J connectivity index is 1.98. The van der Waals surface area contributed by atoms with Crippen LogP contribution in [0.15, 0.2) is 42.5 Å². The molecule has 3 nitrogen and oxygen atoms in total. The van der Waals surface area contributed by atoms with Crippen LogP contribution in [0.3, 0.4) is 0 Å². The highest BCUT2D eigenvalue weighted by Crippen LogP contribution is 2.21. The summed E-state index contributed by atoms with van der Waals surface area (Å²) in [6.45, 7) is 1.69. The Bertz CT molecular complexity index is 614. The zero-order valence-corrected chi connectivity index (χ0v) is 11.6. The molecule has 1 amide bonds. The first-order valence-electron chi connectivity index (χ1n) is 5.99. The molecule has 5 heteroatoms. The summed E-state index contributed by atoms with van der Waals surface area (Å²) in [4.78, 5) is 10.9. The van der Waals surface area contributed by atoms with E-state index < -0.39 is 0 Å². The van der Waals surface area contributed by atoms with Gasteiger partial charge in [0, 0.05) is 18.2 Å². The largest absolute Gasteiger partial charge is 0.489 e. The highest BCUT2D eigenvalue weighted by Gasteiger charge is 2.03. The maximum absolute atomic E-state index is 12.9. The van der Waals surface area contributed by atoms with Crippen LogP contribution in [-0.4, -0.2) is 5.91 Å². The average Bonchev–Trinajstić information content (AvgIpc) is 2.39. The van der Waals surface area contributed by atoms with E-state index in [1.54, 1.807) is 30.3 Å². The molecule has 2 aromatic rings. The molecule has 0 saturated carbocycles. The monoisotopic (exact) mass is 293 g/mol. The molecule has 104 valence electrons. The van der Waals surface area contributed by atoms with Crippen molar-refractivity contribution in [3.8, 4) is 5.75 Å². The molecule has 0 aromatic heterocycles. The van der Waals surface area contributed by atoms with Gasteiger partial charge in [-0.25, -0.2) is 4.39 Å². The molecular weight excluding hydrogens is 281 g/mol. The molecule has 0 saturated heterocycles. The Labute approximate surface area is 121 Å². The number of nitrogens with one attached hydrogen (secondary N) is 1. The van der Waals surface area contributed by atoms with Gasteiger partial charge in [-0.1, -0.05) is 17.7 Å². The molecule has 0 aliphatic carbocycles. The predicted octanol–water partition coefficient (Wildman–Crippen LogP) is 4.02.